The molecule has 3 N–H and O–H groups in total. The van der Waals surface area contributed by atoms with Crippen LogP contribution in [0.3, 0.4) is 0 Å². The molecule has 96 valence electrons. The minimum absolute atomic E-state index is 0.0780. The molecule has 0 radical (unpaired) electrons. The summed E-state index contributed by atoms with van der Waals surface area (Å²) in [6.07, 6.45) is 1.38. The van der Waals surface area contributed by atoms with Gasteiger partial charge in [-0.2, -0.15) is 0 Å². The molecular formula is C11H17FN2O2S. The lowest BCUT2D eigenvalue weighted by Crippen LogP contribution is -2.34. The van der Waals surface area contributed by atoms with Gasteiger partial charge in [0.05, 0.1) is 5.69 Å². The molecule has 0 aromatic heterocycles. The Morgan fingerprint density at radius 3 is 2.41 bits per heavy atom. The highest BCUT2D eigenvalue weighted by Crippen LogP contribution is 2.19. The third kappa shape index (κ3) is 3.41. The lowest BCUT2D eigenvalue weighted by atomic mass is 10.2. The maximum atomic E-state index is 12.8. The predicted molar refractivity (Wildman–Crippen MR) is 65.5 cm³/mol. The molecule has 0 bridgehead atoms. The Morgan fingerprint density at radius 1 is 1.35 bits per heavy atom. The van der Waals surface area contributed by atoms with Gasteiger partial charge in [0, 0.05) is 6.04 Å². The van der Waals surface area contributed by atoms with Crippen molar-refractivity contribution in [3.63, 3.8) is 0 Å². The van der Waals surface area contributed by atoms with E-state index in [1.165, 1.54) is 6.07 Å². The smallest absolute Gasteiger partial charge is 0.242 e. The van der Waals surface area contributed by atoms with E-state index in [0.717, 1.165) is 12.1 Å². The fourth-order valence-corrected chi connectivity index (χ4v) is 3.02. The zero-order valence-corrected chi connectivity index (χ0v) is 10.7. The number of nitrogens with two attached hydrogens (primary N) is 1. The van der Waals surface area contributed by atoms with Crippen LogP contribution < -0.4 is 10.5 Å². The first kappa shape index (κ1) is 13.9. The van der Waals surface area contributed by atoms with Gasteiger partial charge in [-0.15, -0.1) is 0 Å². The molecule has 0 unspecified atom stereocenters. The third-order valence-corrected chi connectivity index (χ3v) is 4.16. The average molecular weight is 260 g/mol. The molecule has 1 rings (SSSR count). The van der Waals surface area contributed by atoms with Gasteiger partial charge in [-0.05, 0) is 31.0 Å². The van der Waals surface area contributed by atoms with E-state index in [4.69, 9.17) is 5.73 Å². The molecule has 17 heavy (non-hydrogen) atoms. The second-order valence-corrected chi connectivity index (χ2v) is 5.50. The molecule has 0 saturated carbocycles. The molecule has 0 aliphatic carbocycles. The van der Waals surface area contributed by atoms with E-state index in [1.807, 2.05) is 13.8 Å². The van der Waals surface area contributed by atoms with Crippen molar-refractivity contribution in [3.8, 4) is 0 Å². The number of benzene rings is 1. The molecule has 0 heterocycles. The minimum atomic E-state index is -3.67. The Morgan fingerprint density at radius 2 is 1.94 bits per heavy atom. The highest BCUT2D eigenvalue weighted by Gasteiger charge is 2.20. The normalized spacial score (nSPS) is 12.0. The van der Waals surface area contributed by atoms with Gasteiger partial charge in [0.25, 0.3) is 0 Å². The van der Waals surface area contributed by atoms with Crippen molar-refractivity contribution in [2.75, 3.05) is 5.73 Å². The number of nitrogen functional groups attached to an aromatic ring is 1. The van der Waals surface area contributed by atoms with E-state index in [-0.39, 0.29) is 16.6 Å². The highest BCUT2D eigenvalue weighted by molar-refractivity contribution is 7.89. The number of anilines is 1. The van der Waals surface area contributed by atoms with Gasteiger partial charge in [0.15, 0.2) is 0 Å². The van der Waals surface area contributed by atoms with Gasteiger partial charge < -0.3 is 5.73 Å². The van der Waals surface area contributed by atoms with Crippen molar-refractivity contribution in [3.05, 3.63) is 24.0 Å². The molecule has 0 amide bonds. The van der Waals surface area contributed by atoms with Gasteiger partial charge in [0.1, 0.15) is 10.7 Å². The summed E-state index contributed by atoms with van der Waals surface area (Å²) in [5.41, 5.74) is 5.43. The van der Waals surface area contributed by atoms with E-state index in [1.54, 1.807) is 0 Å². The van der Waals surface area contributed by atoms with E-state index < -0.39 is 15.8 Å². The van der Waals surface area contributed by atoms with Crippen LogP contribution in [-0.2, 0) is 10.0 Å². The molecule has 0 atom stereocenters. The first-order valence-corrected chi connectivity index (χ1v) is 6.96. The predicted octanol–water partition coefficient (Wildman–Crippen LogP) is 1.87. The fraction of sp³-hybridized carbons (Fsp3) is 0.455. The largest absolute Gasteiger partial charge is 0.398 e. The summed E-state index contributed by atoms with van der Waals surface area (Å²) in [4.78, 5) is -0.0780. The summed E-state index contributed by atoms with van der Waals surface area (Å²) in [6, 6.07) is 3.12. The second kappa shape index (κ2) is 5.46. The molecule has 1 aromatic rings. The number of hydrogen-bond acceptors (Lipinski definition) is 3. The van der Waals surface area contributed by atoms with Gasteiger partial charge in [-0.3, -0.25) is 0 Å². The molecule has 1 aromatic carbocycles. The Labute approximate surface area is 101 Å². The van der Waals surface area contributed by atoms with Crippen LogP contribution in [0.4, 0.5) is 10.1 Å². The SMILES string of the molecule is CCC(CC)NS(=O)(=O)c1ccc(F)cc1N. The van der Waals surface area contributed by atoms with Crippen LogP contribution in [0.15, 0.2) is 23.1 Å². The van der Waals surface area contributed by atoms with E-state index in [2.05, 4.69) is 4.72 Å². The maximum absolute atomic E-state index is 12.8. The van der Waals surface area contributed by atoms with E-state index in [9.17, 15) is 12.8 Å². The lowest BCUT2D eigenvalue weighted by molar-refractivity contribution is 0.530. The van der Waals surface area contributed by atoms with Crippen molar-refractivity contribution in [2.24, 2.45) is 0 Å². The van der Waals surface area contributed by atoms with Gasteiger partial charge in [-0.1, -0.05) is 13.8 Å². The summed E-state index contributed by atoms with van der Waals surface area (Å²) < 4.78 is 39.3. The zero-order chi connectivity index (χ0) is 13.1. The molecule has 0 aliphatic heterocycles. The minimum Gasteiger partial charge on any atom is -0.398 e. The number of rotatable bonds is 5. The summed E-state index contributed by atoms with van der Waals surface area (Å²) in [7, 11) is -3.67. The fourth-order valence-electron chi connectivity index (χ4n) is 1.50. The Balaban J connectivity index is 3.05. The summed E-state index contributed by atoms with van der Waals surface area (Å²) >= 11 is 0. The summed E-state index contributed by atoms with van der Waals surface area (Å²) in [5.74, 6) is -0.552. The number of halogens is 1. The van der Waals surface area contributed by atoms with Crippen molar-refractivity contribution in [1.82, 2.24) is 4.72 Å². The van der Waals surface area contributed by atoms with Gasteiger partial charge in [0.2, 0.25) is 10.0 Å². The quantitative estimate of drug-likeness (QED) is 0.794. The van der Waals surface area contributed by atoms with Crippen LogP contribution in [0, 0.1) is 5.82 Å². The Kier molecular flexibility index (Phi) is 4.47. The highest BCUT2D eigenvalue weighted by atomic mass is 32.2. The molecule has 6 heteroatoms. The van der Waals surface area contributed by atoms with Crippen molar-refractivity contribution >= 4 is 15.7 Å². The first-order chi connectivity index (χ1) is 7.90. The third-order valence-electron chi connectivity index (χ3n) is 2.57. The average Bonchev–Trinajstić information content (AvgIpc) is 2.25. The Hall–Kier alpha value is -1.14. The molecule has 4 nitrogen and oxygen atoms in total. The Bertz CT molecular complexity index is 484. The van der Waals surface area contributed by atoms with Crippen molar-refractivity contribution in [2.45, 2.75) is 37.6 Å². The standard InChI is InChI=1S/C11H17FN2O2S/c1-3-9(4-2)14-17(15,16)11-6-5-8(12)7-10(11)13/h5-7,9,14H,3-4,13H2,1-2H3. The monoisotopic (exact) mass is 260 g/mol. The van der Waals surface area contributed by atoms with Crippen molar-refractivity contribution < 1.29 is 12.8 Å². The van der Waals surface area contributed by atoms with Gasteiger partial charge in [-0.25, -0.2) is 17.5 Å². The van der Waals surface area contributed by atoms with Crippen LogP contribution >= 0.6 is 0 Å². The molecule has 0 saturated heterocycles. The topological polar surface area (TPSA) is 72.2 Å². The second-order valence-electron chi connectivity index (χ2n) is 3.82. The van der Waals surface area contributed by atoms with E-state index >= 15 is 0 Å². The summed E-state index contributed by atoms with van der Waals surface area (Å²) in [5, 5.41) is 0. The van der Waals surface area contributed by atoms with Crippen LogP contribution in [0.5, 0.6) is 0 Å². The molecule has 0 spiro atoms. The van der Waals surface area contributed by atoms with Crippen LogP contribution in [-0.4, -0.2) is 14.5 Å². The van der Waals surface area contributed by atoms with Crippen molar-refractivity contribution in [1.29, 1.82) is 0 Å². The van der Waals surface area contributed by atoms with Crippen LogP contribution in [0.1, 0.15) is 26.7 Å². The molecular weight excluding hydrogens is 243 g/mol. The van der Waals surface area contributed by atoms with Crippen LogP contribution in [0.25, 0.3) is 0 Å². The maximum Gasteiger partial charge on any atom is 0.242 e. The van der Waals surface area contributed by atoms with E-state index in [0.29, 0.717) is 12.8 Å². The molecule has 0 fully saturated rings. The molecule has 0 aliphatic rings. The van der Waals surface area contributed by atoms with Gasteiger partial charge >= 0.3 is 0 Å². The lowest BCUT2D eigenvalue weighted by Gasteiger charge is -2.15. The zero-order valence-electron chi connectivity index (χ0n) is 9.90. The number of sulfonamides is 1. The number of nitrogens with one attached hydrogen (secondary N) is 1. The summed E-state index contributed by atoms with van der Waals surface area (Å²) in [6.45, 7) is 3.79. The van der Waals surface area contributed by atoms with Crippen LogP contribution in [0.2, 0.25) is 0 Å². The number of hydrogen-bond donors (Lipinski definition) is 2. The first-order valence-electron chi connectivity index (χ1n) is 5.48.